The fraction of sp³-hybridized carbons (Fsp3) is 0.261. The Morgan fingerprint density at radius 1 is 1.31 bits per heavy atom. The SMILES string of the molecule is CCC(Sc1ncnc2scc(-c3ccc(C)c(C)c3)c12)C(=O)Nc1c(C#N)cnn1C. The minimum absolute atomic E-state index is 0.188. The second-order valence-corrected chi connectivity index (χ2v) is 9.50. The van der Waals surface area contributed by atoms with E-state index in [9.17, 15) is 10.1 Å². The number of nitrogens with zero attached hydrogens (tertiary/aromatic N) is 5. The van der Waals surface area contributed by atoms with Crippen molar-refractivity contribution in [2.24, 2.45) is 7.05 Å². The highest BCUT2D eigenvalue weighted by Gasteiger charge is 2.24. The summed E-state index contributed by atoms with van der Waals surface area (Å²) in [6, 6.07) is 8.46. The predicted molar refractivity (Wildman–Crippen MR) is 129 cm³/mol. The number of rotatable bonds is 6. The third kappa shape index (κ3) is 4.11. The molecule has 7 nitrogen and oxygen atoms in total. The van der Waals surface area contributed by atoms with Gasteiger partial charge >= 0.3 is 0 Å². The van der Waals surface area contributed by atoms with Gasteiger partial charge < -0.3 is 5.32 Å². The fourth-order valence-corrected chi connectivity index (χ4v) is 5.40. The Morgan fingerprint density at radius 2 is 2.12 bits per heavy atom. The van der Waals surface area contributed by atoms with Gasteiger partial charge in [-0.1, -0.05) is 36.9 Å². The molecule has 4 rings (SSSR count). The number of thioether (sulfide) groups is 1. The van der Waals surface area contributed by atoms with Crippen LogP contribution in [0.5, 0.6) is 0 Å². The zero-order valence-electron chi connectivity index (χ0n) is 18.2. The van der Waals surface area contributed by atoms with Gasteiger partial charge in [0.15, 0.2) is 0 Å². The average Bonchev–Trinajstić information content (AvgIpc) is 3.38. The van der Waals surface area contributed by atoms with Gasteiger partial charge in [-0.2, -0.15) is 10.4 Å². The van der Waals surface area contributed by atoms with Gasteiger partial charge in [-0.25, -0.2) is 9.97 Å². The van der Waals surface area contributed by atoms with Crippen molar-refractivity contribution in [1.82, 2.24) is 19.7 Å². The highest BCUT2D eigenvalue weighted by molar-refractivity contribution is 8.00. The number of fused-ring (bicyclic) bond motifs is 1. The predicted octanol–water partition coefficient (Wildman–Crippen LogP) is 5.09. The van der Waals surface area contributed by atoms with Crippen LogP contribution in [0.1, 0.15) is 30.0 Å². The number of hydrogen-bond donors (Lipinski definition) is 1. The number of nitrogens with one attached hydrogen (secondary N) is 1. The van der Waals surface area contributed by atoms with Crippen molar-refractivity contribution in [3.05, 3.63) is 52.8 Å². The Kier molecular flexibility index (Phi) is 6.26. The Bertz CT molecular complexity index is 1350. The highest BCUT2D eigenvalue weighted by atomic mass is 32.2. The molecule has 1 aromatic carbocycles. The van der Waals surface area contributed by atoms with Gasteiger partial charge in [0.2, 0.25) is 5.91 Å². The minimum Gasteiger partial charge on any atom is -0.309 e. The lowest BCUT2D eigenvalue weighted by molar-refractivity contribution is -0.115. The van der Waals surface area contributed by atoms with Crippen LogP contribution in [0.3, 0.4) is 0 Å². The van der Waals surface area contributed by atoms with Crippen LogP contribution in [-0.4, -0.2) is 30.9 Å². The first kappa shape index (κ1) is 22.0. The number of anilines is 1. The highest BCUT2D eigenvalue weighted by Crippen LogP contribution is 2.40. The zero-order valence-corrected chi connectivity index (χ0v) is 19.8. The Labute approximate surface area is 194 Å². The van der Waals surface area contributed by atoms with Crippen molar-refractivity contribution in [2.45, 2.75) is 37.5 Å². The molecule has 1 N–H and O–H groups in total. The molecule has 0 saturated heterocycles. The molecule has 0 aliphatic heterocycles. The zero-order chi connectivity index (χ0) is 22.8. The monoisotopic (exact) mass is 462 g/mol. The number of benzene rings is 1. The number of hydrogen-bond acceptors (Lipinski definition) is 7. The first-order valence-corrected chi connectivity index (χ1v) is 11.9. The third-order valence-corrected chi connectivity index (χ3v) is 7.62. The minimum atomic E-state index is -0.387. The van der Waals surface area contributed by atoms with Gasteiger partial charge in [-0.05, 0) is 37.0 Å². The molecule has 32 heavy (non-hydrogen) atoms. The maximum absolute atomic E-state index is 13.1. The van der Waals surface area contributed by atoms with Gasteiger partial charge in [0.05, 0.1) is 16.8 Å². The van der Waals surface area contributed by atoms with Gasteiger partial charge in [-0.15, -0.1) is 11.3 Å². The molecule has 0 fully saturated rings. The third-order valence-electron chi connectivity index (χ3n) is 5.37. The van der Waals surface area contributed by atoms with E-state index in [1.165, 1.54) is 33.8 Å². The van der Waals surface area contributed by atoms with Crippen molar-refractivity contribution in [1.29, 1.82) is 5.26 Å². The molecule has 4 aromatic rings. The number of nitriles is 1. The van der Waals surface area contributed by atoms with Crippen LogP contribution < -0.4 is 5.32 Å². The van der Waals surface area contributed by atoms with Crippen LogP contribution in [-0.2, 0) is 11.8 Å². The quantitative estimate of drug-likeness (QED) is 0.317. The standard InChI is InChI=1S/C23H22N6OS2/c1-5-18(21(30)28-20-16(9-24)10-27-29(20)4)32-23-19-17(11-31-22(19)25-12-26-23)15-7-6-13(2)14(3)8-15/h6-8,10-12,18H,5H2,1-4H3,(H,28,30). The van der Waals surface area contributed by atoms with Crippen molar-refractivity contribution >= 4 is 45.0 Å². The van der Waals surface area contributed by atoms with Crippen LogP contribution in [0.15, 0.2) is 41.1 Å². The summed E-state index contributed by atoms with van der Waals surface area (Å²) in [5.41, 5.74) is 4.99. The van der Waals surface area contributed by atoms with Crippen molar-refractivity contribution in [3.8, 4) is 17.2 Å². The van der Waals surface area contributed by atoms with Crippen LogP contribution in [0, 0.1) is 25.2 Å². The normalized spacial score (nSPS) is 12.0. The summed E-state index contributed by atoms with van der Waals surface area (Å²) in [7, 11) is 1.69. The molecule has 0 aliphatic carbocycles. The molecule has 0 spiro atoms. The van der Waals surface area contributed by atoms with Crippen molar-refractivity contribution in [2.75, 3.05) is 5.32 Å². The van der Waals surface area contributed by atoms with Crippen LogP contribution >= 0.6 is 23.1 Å². The smallest absolute Gasteiger partial charge is 0.239 e. The average molecular weight is 463 g/mol. The van der Waals surface area contributed by atoms with Gasteiger partial charge in [0.25, 0.3) is 0 Å². The van der Waals surface area contributed by atoms with E-state index in [-0.39, 0.29) is 11.2 Å². The lowest BCUT2D eigenvalue weighted by Crippen LogP contribution is -2.26. The summed E-state index contributed by atoms with van der Waals surface area (Å²) >= 11 is 2.99. The summed E-state index contributed by atoms with van der Waals surface area (Å²) in [6.07, 6.45) is 3.59. The van der Waals surface area contributed by atoms with E-state index in [1.54, 1.807) is 24.7 Å². The fourth-order valence-electron chi connectivity index (χ4n) is 3.38. The van der Waals surface area contributed by atoms with Crippen LogP contribution in [0.2, 0.25) is 0 Å². The Morgan fingerprint density at radius 3 is 2.84 bits per heavy atom. The van der Waals surface area contributed by atoms with Crippen LogP contribution in [0.25, 0.3) is 21.3 Å². The van der Waals surface area contributed by atoms with Gasteiger partial charge in [0, 0.05) is 18.0 Å². The molecule has 0 radical (unpaired) electrons. The summed E-state index contributed by atoms with van der Waals surface area (Å²) < 4.78 is 1.49. The number of carbonyl (C=O) groups excluding carboxylic acids is 1. The summed E-state index contributed by atoms with van der Waals surface area (Å²) in [4.78, 5) is 22.9. The topological polar surface area (TPSA) is 96.5 Å². The maximum atomic E-state index is 13.1. The molecule has 1 amide bonds. The first-order chi connectivity index (χ1) is 15.4. The van der Waals surface area contributed by atoms with Crippen molar-refractivity contribution in [3.63, 3.8) is 0 Å². The van der Waals surface area contributed by atoms with Gasteiger partial charge in [0.1, 0.15) is 33.6 Å². The molecule has 0 aliphatic rings. The number of carbonyl (C=O) groups is 1. The van der Waals surface area contributed by atoms with E-state index in [4.69, 9.17) is 0 Å². The lowest BCUT2D eigenvalue weighted by atomic mass is 10.0. The lowest BCUT2D eigenvalue weighted by Gasteiger charge is -2.15. The first-order valence-electron chi connectivity index (χ1n) is 10.1. The second-order valence-electron chi connectivity index (χ2n) is 7.45. The number of aromatic nitrogens is 4. The summed E-state index contributed by atoms with van der Waals surface area (Å²) in [5, 5.41) is 19.6. The van der Waals surface area contributed by atoms with E-state index >= 15 is 0 Å². The molecular formula is C23H22N6OS2. The van der Waals surface area contributed by atoms with Crippen molar-refractivity contribution < 1.29 is 4.79 Å². The van der Waals surface area contributed by atoms with E-state index in [2.05, 4.69) is 63.9 Å². The van der Waals surface area contributed by atoms with E-state index in [0.29, 0.717) is 17.8 Å². The molecule has 1 atom stereocenters. The summed E-state index contributed by atoms with van der Waals surface area (Å²) in [6.45, 7) is 6.16. The molecule has 9 heteroatoms. The largest absolute Gasteiger partial charge is 0.309 e. The van der Waals surface area contributed by atoms with E-state index < -0.39 is 0 Å². The molecule has 0 saturated carbocycles. The number of amides is 1. The molecule has 1 unspecified atom stereocenters. The van der Waals surface area contributed by atoms with Crippen LogP contribution in [0.4, 0.5) is 5.82 Å². The van der Waals surface area contributed by atoms with E-state index in [1.807, 2.05) is 6.92 Å². The molecule has 3 heterocycles. The Hall–Kier alpha value is -3.22. The van der Waals surface area contributed by atoms with E-state index in [0.717, 1.165) is 26.4 Å². The summed E-state index contributed by atoms with van der Waals surface area (Å²) in [5.74, 6) is 0.211. The maximum Gasteiger partial charge on any atom is 0.239 e. The molecular weight excluding hydrogens is 440 g/mol. The molecule has 0 bridgehead atoms. The molecule has 162 valence electrons. The van der Waals surface area contributed by atoms with Gasteiger partial charge in [-0.3, -0.25) is 9.48 Å². The second kappa shape index (κ2) is 9.10. The Balaban J connectivity index is 1.67. The number of aryl methyl sites for hydroxylation is 3. The number of thiophene rings is 1. The molecule has 3 aromatic heterocycles.